The van der Waals surface area contributed by atoms with Gasteiger partial charge in [0.15, 0.2) is 0 Å². The molecule has 0 saturated heterocycles. The van der Waals surface area contributed by atoms with Crippen LogP contribution >= 0.6 is 11.6 Å². The lowest BCUT2D eigenvalue weighted by molar-refractivity contribution is 0.540. The van der Waals surface area contributed by atoms with Gasteiger partial charge in [0.25, 0.3) is 0 Å². The Balaban J connectivity index is 2.43. The van der Waals surface area contributed by atoms with Gasteiger partial charge >= 0.3 is 0 Å². The predicted molar refractivity (Wildman–Crippen MR) is 62.2 cm³/mol. The molecule has 1 aromatic carbocycles. The number of benzene rings is 1. The smallest absolute Gasteiger partial charge is 0.143 e. The standard InChI is InChI=1S/C11H14ClFN2/c1-11(2)3-4-14-9-5-7(12)8(13)6-10(9)15-11/h5-6,14-15H,3-4H2,1-2H3. The Morgan fingerprint density at radius 1 is 1.33 bits per heavy atom. The van der Waals surface area contributed by atoms with Crippen molar-refractivity contribution >= 4 is 23.0 Å². The van der Waals surface area contributed by atoms with Gasteiger partial charge in [-0.15, -0.1) is 0 Å². The first-order chi connectivity index (χ1) is 6.98. The molecule has 0 unspecified atom stereocenters. The fraction of sp³-hybridized carbons (Fsp3) is 0.455. The van der Waals surface area contributed by atoms with Crippen LogP contribution in [0.4, 0.5) is 15.8 Å². The molecule has 82 valence electrons. The van der Waals surface area contributed by atoms with Gasteiger partial charge in [0.05, 0.1) is 16.4 Å². The summed E-state index contributed by atoms with van der Waals surface area (Å²) in [7, 11) is 0. The average Bonchev–Trinajstić information content (AvgIpc) is 2.24. The van der Waals surface area contributed by atoms with E-state index in [0.29, 0.717) is 0 Å². The van der Waals surface area contributed by atoms with E-state index in [-0.39, 0.29) is 16.4 Å². The van der Waals surface area contributed by atoms with Crippen LogP contribution < -0.4 is 10.6 Å². The average molecular weight is 229 g/mol. The van der Waals surface area contributed by atoms with Gasteiger partial charge in [-0.3, -0.25) is 0 Å². The minimum Gasteiger partial charge on any atom is -0.383 e. The molecule has 0 fully saturated rings. The van der Waals surface area contributed by atoms with Crippen LogP contribution in [-0.2, 0) is 0 Å². The van der Waals surface area contributed by atoms with Gasteiger partial charge in [0.1, 0.15) is 5.82 Å². The summed E-state index contributed by atoms with van der Waals surface area (Å²) >= 11 is 5.73. The van der Waals surface area contributed by atoms with Crippen LogP contribution in [0.5, 0.6) is 0 Å². The highest BCUT2D eigenvalue weighted by molar-refractivity contribution is 6.31. The van der Waals surface area contributed by atoms with Crippen LogP contribution in [0.3, 0.4) is 0 Å². The lowest BCUT2D eigenvalue weighted by Crippen LogP contribution is -2.30. The number of hydrogen-bond donors (Lipinski definition) is 2. The number of hydrogen-bond acceptors (Lipinski definition) is 2. The fourth-order valence-corrected chi connectivity index (χ4v) is 1.90. The van der Waals surface area contributed by atoms with Crippen LogP contribution in [0, 0.1) is 5.82 Å². The van der Waals surface area contributed by atoms with Crippen LogP contribution in [-0.4, -0.2) is 12.1 Å². The Labute approximate surface area is 93.8 Å². The number of fused-ring (bicyclic) bond motifs is 1. The quantitative estimate of drug-likeness (QED) is 0.711. The van der Waals surface area contributed by atoms with Crippen LogP contribution in [0.1, 0.15) is 20.3 Å². The van der Waals surface area contributed by atoms with Gasteiger partial charge in [0, 0.05) is 18.2 Å². The minimum atomic E-state index is -0.387. The maximum atomic E-state index is 13.3. The molecule has 1 heterocycles. The molecule has 0 spiro atoms. The molecule has 1 aromatic rings. The number of anilines is 2. The van der Waals surface area contributed by atoms with Crippen molar-refractivity contribution in [1.29, 1.82) is 0 Å². The minimum absolute atomic E-state index is 0.0292. The van der Waals surface area contributed by atoms with Crippen molar-refractivity contribution in [2.45, 2.75) is 25.8 Å². The largest absolute Gasteiger partial charge is 0.383 e. The Morgan fingerprint density at radius 3 is 2.80 bits per heavy atom. The molecule has 2 nitrogen and oxygen atoms in total. The monoisotopic (exact) mass is 228 g/mol. The van der Waals surface area contributed by atoms with Gasteiger partial charge in [0.2, 0.25) is 0 Å². The van der Waals surface area contributed by atoms with E-state index in [1.54, 1.807) is 6.07 Å². The first kappa shape index (κ1) is 10.6. The Bertz CT molecular complexity index is 390. The Kier molecular flexibility index (Phi) is 2.51. The van der Waals surface area contributed by atoms with Crippen molar-refractivity contribution in [3.8, 4) is 0 Å². The molecule has 0 bridgehead atoms. The molecule has 0 radical (unpaired) electrons. The van der Waals surface area contributed by atoms with Crippen LogP contribution in [0.2, 0.25) is 5.02 Å². The maximum Gasteiger partial charge on any atom is 0.143 e. The van der Waals surface area contributed by atoms with E-state index >= 15 is 0 Å². The topological polar surface area (TPSA) is 24.1 Å². The van der Waals surface area contributed by atoms with Crippen molar-refractivity contribution in [1.82, 2.24) is 0 Å². The molecular weight excluding hydrogens is 215 g/mol. The van der Waals surface area contributed by atoms with Crippen molar-refractivity contribution < 1.29 is 4.39 Å². The fourth-order valence-electron chi connectivity index (χ4n) is 1.73. The van der Waals surface area contributed by atoms with Crippen molar-refractivity contribution in [3.63, 3.8) is 0 Å². The molecular formula is C11H14ClFN2. The molecule has 4 heteroatoms. The third-order valence-corrected chi connectivity index (χ3v) is 2.89. The normalized spacial score (nSPS) is 18.4. The highest BCUT2D eigenvalue weighted by atomic mass is 35.5. The summed E-state index contributed by atoms with van der Waals surface area (Å²) in [6, 6.07) is 3.07. The summed E-state index contributed by atoms with van der Waals surface area (Å²) in [5, 5.41) is 6.70. The third kappa shape index (κ3) is 2.17. The molecule has 2 N–H and O–H groups in total. The summed E-state index contributed by atoms with van der Waals surface area (Å²) in [5.41, 5.74) is 1.62. The van der Waals surface area contributed by atoms with E-state index in [9.17, 15) is 4.39 Å². The molecule has 0 saturated carbocycles. The van der Waals surface area contributed by atoms with Crippen molar-refractivity contribution in [2.24, 2.45) is 0 Å². The van der Waals surface area contributed by atoms with Gasteiger partial charge in [-0.25, -0.2) is 4.39 Å². The molecule has 1 aliphatic rings. The summed E-state index contributed by atoms with van der Waals surface area (Å²) in [5.74, 6) is -0.387. The van der Waals surface area contributed by atoms with Crippen molar-refractivity contribution in [3.05, 3.63) is 23.0 Å². The second-order valence-corrected chi connectivity index (χ2v) is 4.90. The lowest BCUT2D eigenvalue weighted by Gasteiger charge is -2.25. The summed E-state index contributed by atoms with van der Waals surface area (Å²) in [6.07, 6.45) is 0.973. The van der Waals surface area contributed by atoms with E-state index in [1.807, 2.05) is 0 Å². The Hall–Kier alpha value is -0.960. The molecule has 0 amide bonds. The van der Waals surface area contributed by atoms with Crippen molar-refractivity contribution in [2.75, 3.05) is 17.2 Å². The zero-order valence-corrected chi connectivity index (χ0v) is 9.58. The highest BCUT2D eigenvalue weighted by Crippen LogP contribution is 2.33. The van der Waals surface area contributed by atoms with E-state index < -0.39 is 0 Å². The van der Waals surface area contributed by atoms with Crippen LogP contribution in [0.15, 0.2) is 12.1 Å². The molecule has 2 rings (SSSR count). The second-order valence-electron chi connectivity index (χ2n) is 4.50. The first-order valence-electron chi connectivity index (χ1n) is 4.99. The van der Waals surface area contributed by atoms with Crippen LogP contribution in [0.25, 0.3) is 0 Å². The van der Waals surface area contributed by atoms with Gasteiger partial charge in [-0.1, -0.05) is 11.6 Å². The van der Waals surface area contributed by atoms with E-state index in [1.165, 1.54) is 6.07 Å². The van der Waals surface area contributed by atoms with Gasteiger partial charge in [-0.05, 0) is 26.3 Å². The maximum absolute atomic E-state index is 13.3. The third-order valence-electron chi connectivity index (χ3n) is 2.60. The molecule has 0 aromatic heterocycles. The van der Waals surface area contributed by atoms with Gasteiger partial charge in [-0.2, -0.15) is 0 Å². The molecule has 0 atom stereocenters. The van der Waals surface area contributed by atoms with E-state index in [4.69, 9.17) is 11.6 Å². The number of rotatable bonds is 0. The summed E-state index contributed by atoms with van der Waals surface area (Å²) in [6.45, 7) is 5.04. The summed E-state index contributed by atoms with van der Waals surface area (Å²) < 4.78 is 13.3. The molecule has 1 aliphatic heterocycles. The number of nitrogens with one attached hydrogen (secondary N) is 2. The highest BCUT2D eigenvalue weighted by Gasteiger charge is 2.22. The SMILES string of the molecule is CC1(C)CCNc2cc(Cl)c(F)cc2N1. The van der Waals surface area contributed by atoms with Gasteiger partial charge < -0.3 is 10.6 Å². The predicted octanol–water partition coefficient (Wildman–Crippen LogP) is 3.49. The molecule has 0 aliphatic carbocycles. The summed E-state index contributed by atoms with van der Waals surface area (Å²) in [4.78, 5) is 0. The second kappa shape index (κ2) is 3.56. The van der Waals surface area contributed by atoms with E-state index in [2.05, 4.69) is 24.5 Å². The lowest BCUT2D eigenvalue weighted by atomic mass is 10.0. The first-order valence-corrected chi connectivity index (χ1v) is 5.37. The zero-order valence-electron chi connectivity index (χ0n) is 8.82. The number of halogens is 2. The Morgan fingerprint density at radius 2 is 2.07 bits per heavy atom. The molecule has 15 heavy (non-hydrogen) atoms. The van der Waals surface area contributed by atoms with E-state index in [0.717, 1.165) is 24.3 Å². The zero-order chi connectivity index (χ0) is 11.1.